The molecule has 0 saturated heterocycles. The maximum atomic E-state index is 13.1. The van der Waals surface area contributed by atoms with Gasteiger partial charge < -0.3 is 5.32 Å². The molecule has 0 aliphatic rings. The largest absolute Gasteiger partial charge is 0.352 e. The fourth-order valence-electron chi connectivity index (χ4n) is 2.76. The van der Waals surface area contributed by atoms with Crippen molar-refractivity contribution in [3.05, 3.63) is 90.7 Å². The predicted molar refractivity (Wildman–Crippen MR) is 117 cm³/mol. The first-order valence-corrected chi connectivity index (χ1v) is 10.1. The van der Waals surface area contributed by atoms with Crippen LogP contribution in [0.25, 0.3) is 5.69 Å². The number of carbonyl (C=O) groups excluding carboxylic acids is 1. The van der Waals surface area contributed by atoms with Crippen LogP contribution in [-0.2, 0) is 6.54 Å². The van der Waals surface area contributed by atoms with E-state index in [1.165, 1.54) is 0 Å². The van der Waals surface area contributed by atoms with Crippen LogP contribution < -0.4 is 16.6 Å². The predicted octanol–water partition coefficient (Wildman–Crippen LogP) is 3.28. The van der Waals surface area contributed by atoms with Gasteiger partial charge in [-0.3, -0.25) is 14.2 Å². The molecule has 7 nitrogen and oxygen atoms in total. The fraction of sp³-hybridized carbons (Fsp3) is 0.238. The summed E-state index contributed by atoms with van der Waals surface area (Å²) in [5.74, 6) is -0.642. The third-order valence-corrected chi connectivity index (χ3v) is 5.05. The molecule has 0 saturated carbocycles. The molecule has 1 aromatic heterocycles. The molecule has 1 N–H and O–H groups in total. The Kier molecular flexibility index (Phi) is 6.74. The Hall–Kier alpha value is -2.90. The van der Waals surface area contributed by atoms with Gasteiger partial charge in [0.05, 0.1) is 12.2 Å². The summed E-state index contributed by atoms with van der Waals surface area (Å²) >= 11 is 12.0. The Morgan fingerprint density at radius 3 is 2.43 bits per heavy atom. The van der Waals surface area contributed by atoms with Crippen LogP contribution in [0, 0.1) is 0 Å². The number of nitrogens with zero attached hydrogens (tertiary/aromatic N) is 3. The number of amides is 1. The fourth-order valence-corrected chi connectivity index (χ4v) is 3.10. The maximum absolute atomic E-state index is 13.1. The van der Waals surface area contributed by atoms with Crippen LogP contribution in [0.4, 0.5) is 0 Å². The van der Waals surface area contributed by atoms with E-state index in [-0.39, 0.29) is 18.3 Å². The molecule has 0 unspecified atom stereocenters. The van der Waals surface area contributed by atoms with Gasteiger partial charge in [-0.2, -0.15) is 9.78 Å². The van der Waals surface area contributed by atoms with Gasteiger partial charge in [-0.1, -0.05) is 42.3 Å². The molecule has 3 rings (SSSR count). The molecular formula is C21H20Cl2N4O3. The first kappa shape index (κ1) is 21.8. The average Bonchev–Trinajstić information content (AvgIpc) is 2.72. The molecule has 30 heavy (non-hydrogen) atoms. The molecule has 1 atom stereocenters. The van der Waals surface area contributed by atoms with E-state index in [4.69, 9.17) is 23.2 Å². The summed E-state index contributed by atoms with van der Waals surface area (Å²) in [6.07, 6.45) is 0.680. The average molecular weight is 447 g/mol. The minimum atomic E-state index is -0.772. The van der Waals surface area contributed by atoms with Gasteiger partial charge in [0.25, 0.3) is 11.5 Å². The minimum Gasteiger partial charge on any atom is -0.348 e. The van der Waals surface area contributed by atoms with E-state index in [2.05, 4.69) is 10.4 Å². The molecule has 0 bridgehead atoms. The standard InChI is InChI=1S/C21H20Cl2N4O3/c1-3-13(2)24-19(28)18-20(29)26(12-14-5-4-6-16(23)11-14)21(30)27(25-18)17-9-7-15(22)8-10-17/h4-11,13H,3,12H2,1-2H3,(H,24,28)/t13-/m0/s1. The zero-order valence-corrected chi connectivity index (χ0v) is 17.9. The van der Waals surface area contributed by atoms with E-state index < -0.39 is 17.2 Å². The number of carbonyl (C=O) groups is 1. The summed E-state index contributed by atoms with van der Waals surface area (Å²) in [5.41, 5.74) is -0.800. The molecule has 0 fully saturated rings. The molecule has 1 heterocycles. The van der Waals surface area contributed by atoms with Crippen molar-refractivity contribution in [2.45, 2.75) is 32.9 Å². The van der Waals surface area contributed by atoms with Crippen LogP contribution in [0.2, 0.25) is 10.0 Å². The summed E-state index contributed by atoms with van der Waals surface area (Å²) in [6, 6.07) is 13.0. The van der Waals surface area contributed by atoms with E-state index in [1.54, 1.807) is 48.5 Å². The molecule has 156 valence electrons. The summed E-state index contributed by atoms with van der Waals surface area (Å²) in [7, 11) is 0. The van der Waals surface area contributed by atoms with Crippen molar-refractivity contribution >= 4 is 29.1 Å². The highest BCUT2D eigenvalue weighted by Gasteiger charge is 2.21. The SMILES string of the molecule is CC[C@H](C)NC(=O)c1nn(-c2ccc(Cl)cc2)c(=O)n(Cc2cccc(Cl)c2)c1=O. The van der Waals surface area contributed by atoms with Gasteiger partial charge in [-0.05, 0) is 55.3 Å². The summed E-state index contributed by atoms with van der Waals surface area (Å²) in [6.45, 7) is 3.67. The van der Waals surface area contributed by atoms with E-state index in [1.807, 2.05) is 13.8 Å². The maximum Gasteiger partial charge on any atom is 0.352 e. The van der Waals surface area contributed by atoms with Gasteiger partial charge in [0.1, 0.15) is 0 Å². The number of halogens is 2. The molecule has 3 aromatic rings. The van der Waals surface area contributed by atoms with Crippen LogP contribution >= 0.6 is 23.2 Å². The Morgan fingerprint density at radius 1 is 1.10 bits per heavy atom. The molecule has 0 aliphatic carbocycles. The number of benzene rings is 2. The second-order valence-corrected chi connectivity index (χ2v) is 7.70. The monoisotopic (exact) mass is 446 g/mol. The van der Waals surface area contributed by atoms with E-state index in [9.17, 15) is 14.4 Å². The lowest BCUT2D eigenvalue weighted by Gasteiger charge is -2.14. The van der Waals surface area contributed by atoms with Gasteiger partial charge in [-0.25, -0.2) is 4.79 Å². The Labute approximate surface area is 182 Å². The number of aromatic nitrogens is 3. The van der Waals surface area contributed by atoms with Crippen molar-refractivity contribution in [3.63, 3.8) is 0 Å². The van der Waals surface area contributed by atoms with Crippen molar-refractivity contribution in [1.82, 2.24) is 19.7 Å². The molecule has 2 aromatic carbocycles. The number of rotatable bonds is 6. The summed E-state index contributed by atoms with van der Waals surface area (Å²) < 4.78 is 1.99. The Bertz CT molecular complexity index is 1190. The van der Waals surface area contributed by atoms with E-state index >= 15 is 0 Å². The van der Waals surface area contributed by atoms with Crippen molar-refractivity contribution < 1.29 is 4.79 Å². The van der Waals surface area contributed by atoms with Crippen molar-refractivity contribution in [3.8, 4) is 5.69 Å². The third kappa shape index (κ3) is 4.80. The van der Waals surface area contributed by atoms with Gasteiger partial charge in [0.15, 0.2) is 0 Å². The van der Waals surface area contributed by atoms with Crippen molar-refractivity contribution in [2.75, 3.05) is 0 Å². The van der Waals surface area contributed by atoms with Crippen LogP contribution in [0.5, 0.6) is 0 Å². The quantitative estimate of drug-likeness (QED) is 0.629. The highest BCUT2D eigenvalue weighted by atomic mass is 35.5. The van der Waals surface area contributed by atoms with Crippen LogP contribution in [0.3, 0.4) is 0 Å². The molecule has 0 radical (unpaired) electrons. The normalized spacial score (nSPS) is 11.9. The topological polar surface area (TPSA) is 86.0 Å². The smallest absolute Gasteiger partial charge is 0.348 e. The van der Waals surface area contributed by atoms with Crippen LogP contribution in [-0.4, -0.2) is 26.3 Å². The Balaban J connectivity index is 2.18. The highest BCUT2D eigenvalue weighted by molar-refractivity contribution is 6.30. The Morgan fingerprint density at radius 2 is 1.80 bits per heavy atom. The van der Waals surface area contributed by atoms with Crippen LogP contribution in [0.15, 0.2) is 58.1 Å². The lowest BCUT2D eigenvalue weighted by atomic mass is 10.2. The number of hydrogen-bond donors (Lipinski definition) is 1. The first-order chi connectivity index (χ1) is 14.3. The molecule has 0 aliphatic heterocycles. The molecule has 0 spiro atoms. The van der Waals surface area contributed by atoms with Crippen molar-refractivity contribution in [1.29, 1.82) is 0 Å². The van der Waals surface area contributed by atoms with Crippen molar-refractivity contribution in [2.24, 2.45) is 0 Å². The second-order valence-electron chi connectivity index (χ2n) is 6.82. The van der Waals surface area contributed by atoms with Gasteiger partial charge >= 0.3 is 5.69 Å². The summed E-state index contributed by atoms with van der Waals surface area (Å²) in [5, 5.41) is 7.75. The number of nitrogens with one attached hydrogen (secondary N) is 1. The van der Waals surface area contributed by atoms with Gasteiger partial charge in [0.2, 0.25) is 5.69 Å². The highest BCUT2D eigenvalue weighted by Crippen LogP contribution is 2.12. The van der Waals surface area contributed by atoms with Crippen LogP contribution in [0.1, 0.15) is 36.3 Å². The minimum absolute atomic E-state index is 0.0576. The zero-order valence-electron chi connectivity index (χ0n) is 16.4. The molecule has 1 amide bonds. The lowest BCUT2D eigenvalue weighted by Crippen LogP contribution is -2.47. The van der Waals surface area contributed by atoms with E-state index in [0.29, 0.717) is 27.7 Å². The molecular weight excluding hydrogens is 427 g/mol. The first-order valence-electron chi connectivity index (χ1n) is 9.35. The second kappa shape index (κ2) is 9.28. The third-order valence-electron chi connectivity index (χ3n) is 4.57. The van der Waals surface area contributed by atoms with Gasteiger partial charge in [0, 0.05) is 16.1 Å². The lowest BCUT2D eigenvalue weighted by molar-refractivity contribution is 0.0929. The zero-order chi connectivity index (χ0) is 21.8. The molecule has 9 heteroatoms. The number of hydrogen-bond acceptors (Lipinski definition) is 4. The van der Waals surface area contributed by atoms with E-state index in [0.717, 1.165) is 9.25 Å². The summed E-state index contributed by atoms with van der Waals surface area (Å²) in [4.78, 5) is 38.8. The van der Waals surface area contributed by atoms with Gasteiger partial charge in [-0.15, -0.1) is 0 Å².